The van der Waals surface area contributed by atoms with Crippen LogP contribution in [0.4, 0.5) is 5.69 Å². The largest absolute Gasteiger partial charge is 0.481 e. The number of sulfonamides is 1. The molecule has 0 aliphatic heterocycles. The summed E-state index contributed by atoms with van der Waals surface area (Å²) in [6.07, 6.45) is -0.230. The Hall–Kier alpha value is -1.08. The molecule has 0 aliphatic carbocycles. The fraction of sp³-hybridized carbons (Fsp3) is 0.364. The number of nitrogens with zero attached hydrogens (tertiary/aromatic N) is 1. The van der Waals surface area contributed by atoms with E-state index in [-0.39, 0.29) is 18.7 Å². The first-order valence-corrected chi connectivity index (χ1v) is 7.75. The van der Waals surface area contributed by atoms with Crippen molar-refractivity contribution in [2.45, 2.75) is 13.3 Å². The van der Waals surface area contributed by atoms with Crippen molar-refractivity contribution < 1.29 is 18.3 Å². The lowest BCUT2D eigenvalue weighted by atomic mass is 10.3. The van der Waals surface area contributed by atoms with E-state index in [9.17, 15) is 13.2 Å². The summed E-state index contributed by atoms with van der Waals surface area (Å²) in [4.78, 5) is 10.6. The standard InChI is InChI=1S/C11H14BrNO4S/c1-2-18(16,17)13(7-6-11(14)15)10-5-3-4-9(12)8-10/h3-5,8H,2,6-7H2,1H3,(H,14,15). The maximum atomic E-state index is 11.9. The molecule has 1 aromatic rings. The molecule has 0 aliphatic rings. The highest BCUT2D eigenvalue weighted by molar-refractivity contribution is 9.10. The van der Waals surface area contributed by atoms with Gasteiger partial charge in [0.15, 0.2) is 0 Å². The van der Waals surface area contributed by atoms with Gasteiger partial charge in [-0.3, -0.25) is 9.10 Å². The number of rotatable bonds is 6. The van der Waals surface area contributed by atoms with Gasteiger partial charge in [0.1, 0.15) is 0 Å². The quantitative estimate of drug-likeness (QED) is 0.863. The van der Waals surface area contributed by atoms with Crippen LogP contribution in [0, 0.1) is 0 Å². The van der Waals surface area contributed by atoms with Crippen molar-refractivity contribution >= 4 is 37.6 Å². The minimum absolute atomic E-state index is 0.0675. The van der Waals surface area contributed by atoms with Gasteiger partial charge in [0.25, 0.3) is 0 Å². The minimum Gasteiger partial charge on any atom is -0.481 e. The molecule has 0 unspecified atom stereocenters. The van der Waals surface area contributed by atoms with Crippen LogP contribution < -0.4 is 4.31 Å². The lowest BCUT2D eigenvalue weighted by Gasteiger charge is -2.23. The fourth-order valence-electron chi connectivity index (χ4n) is 1.41. The summed E-state index contributed by atoms with van der Waals surface area (Å²) in [6, 6.07) is 6.77. The van der Waals surface area contributed by atoms with Crippen molar-refractivity contribution in [1.29, 1.82) is 0 Å². The van der Waals surface area contributed by atoms with Crippen molar-refractivity contribution in [2.24, 2.45) is 0 Å². The maximum Gasteiger partial charge on any atom is 0.305 e. The smallest absolute Gasteiger partial charge is 0.305 e. The van der Waals surface area contributed by atoms with Gasteiger partial charge < -0.3 is 5.11 Å². The van der Waals surface area contributed by atoms with E-state index >= 15 is 0 Å². The number of aliphatic carboxylic acids is 1. The van der Waals surface area contributed by atoms with Gasteiger partial charge in [-0.25, -0.2) is 8.42 Å². The number of halogens is 1. The van der Waals surface area contributed by atoms with Crippen molar-refractivity contribution in [3.05, 3.63) is 28.7 Å². The third-order valence-corrected chi connectivity index (χ3v) is 4.61. The Morgan fingerprint density at radius 3 is 2.61 bits per heavy atom. The third-order valence-electron chi connectivity index (χ3n) is 2.33. The monoisotopic (exact) mass is 335 g/mol. The van der Waals surface area contributed by atoms with Gasteiger partial charge in [0.05, 0.1) is 17.9 Å². The second-order valence-corrected chi connectivity index (χ2v) is 6.69. The molecule has 7 heteroatoms. The van der Waals surface area contributed by atoms with E-state index in [1.807, 2.05) is 0 Å². The number of carbonyl (C=O) groups is 1. The van der Waals surface area contributed by atoms with Crippen LogP contribution >= 0.6 is 15.9 Å². The predicted octanol–water partition coefficient (Wildman–Crippen LogP) is 2.08. The summed E-state index contributed by atoms with van der Waals surface area (Å²) in [5.74, 6) is -1.10. The molecule has 0 heterocycles. The highest BCUT2D eigenvalue weighted by Crippen LogP contribution is 2.23. The van der Waals surface area contributed by atoms with Gasteiger partial charge in [0.2, 0.25) is 10.0 Å². The highest BCUT2D eigenvalue weighted by atomic mass is 79.9. The Kier molecular flexibility index (Phi) is 5.15. The van der Waals surface area contributed by atoms with Crippen LogP contribution in [0.1, 0.15) is 13.3 Å². The zero-order valence-electron chi connectivity index (χ0n) is 9.84. The van der Waals surface area contributed by atoms with Gasteiger partial charge in [-0.05, 0) is 25.1 Å². The topological polar surface area (TPSA) is 74.7 Å². The summed E-state index contributed by atoms with van der Waals surface area (Å²) >= 11 is 3.26. The van der Waals surface area contributed by atoms with Crippen LogP contribution in [0.25, 0.3) is 0 Å². The van der Waals surface area contributed by atoms with Crippen LogP contribution in [0.5, 0.6) is 0 Å². The first-order valence-electron chi connectivity index (χ1n) is 5.34. The molecule has 0 amide bonds. The van der Waals surface area contributed by atoms with E-state index < -0.39 is 16.0 Å². The molecule has 5 nitrogen and oxygen atoms in total. The van der Waals surface area contributed by atoms with E-state index in [2.05, 4.69) is 15.9 Å². The van der Waals surface area contributed by atoms with E-state index in [1.165, 1.54) is 6.92 Å². The SMILES string of the molecule is CCS(=O)(=O)N(CCC(=O)O)c1cccc(Br)c1. The van der Waals surface area contributed by atoms with Gasteiger partial charge in [0, 0.05) is 11.0 Å². The molecule has 0 aromatic heterocycles. The molecule has 0 saturated carbocycles. The van der Waals surface area contributed by atoms with Crippen LogP contribution in [0.2, 0.25) is 0 Å². The highest BCUT2D eigenvalue weighted by Gasteiger charge is 2.21. The molecule has 100 valence electrons. The van der Waals surface area contributed by atoms with E-state index in [1.54, 1.807) is 24.3 Å². The Balaban J connectivity index is 3.08. The number of anilines is 1. The fourth-order valence-corrected chi connectivity index (χ4v) is 2.92. The third kappa shape index (κ3) is 3.99. The molecule has 1 aromatic carbocycles. The van der Waals surface area contributed by atoms with Gasteiger partial charge >= 0.3 is 5.97 Å². The molecule has 0 saturated heterocycles. The molecule has 1 N–H and O–H groups in total. The second-order valence-electron chi connectivity index (χ2n) is 3.60. The molecule has 1 rings (SSSR count). The average molecular weight is 336 g/mol. The zero-order chi connectivity index (χ0) is 13.8. The zero-order valence-corrected chi connectivity index (χ0v) is 12.2. The van der Waals surface area contributed by atoms with Gasteiger partial charge in [-0.1, -0.05) is 22.0 Å². The van der Waals surface area contributed by atoms with Crippen molar-refractivity contribution in [1.82, 2.24) is 0 Å². The van der Waals surface area contributed by atoms with Crippen LogP contribution in [0.15, 0.2) is 28.7 Å². The van der Waals surface area contributed by atoms with Gasteiger partial charge in [-0.15, -0.1) is 0 Å². The van der Waals surface area contributed by atoms with Crippen molar-refractivity contribution in [3.63, 3.8) is 0 Å². The summed E-state index contributed by atoms with van der Waals surface area (Å²) in [6.45, 7) is 1.46. The normalized spacial score (nSPS) is 11.2. The number of carboxylic acids is 1. The van der Waals surface area contributed by atoms with Crippen LogP contribution in [-0.2, 0) is 14.8 Å². The Bertz CT molecular complexity index is 530. The molecule has 0 spiro atoms. The number of benzene rings is 1. The Morgan fingerprint density at radius 1 is 1.44 bits per heavy atom. The number of hydrogen-bond acceptors (Lipinski definition) is 3. The summed E-state index contributed by atoms with van der Waals surface area (Å²) in [5, 5.41) is 8.67. The lowest BCUT2D eigenvalue weighted by molar-refractivity contribution is -0.136. The molecule has 0 bridgehead atoms. The Morgan fingerprint density at radius 2 is 2.11 bits per heavy atom. The van der Waals surface area contributed by atoms with E-state index in [4.69, 9.17) is 5.11 Å². The summed E-state index contributed by atoms with van der Waals surface area (Å²) in [7, 11) is -3.48. The first-order chi connectivity index (χ1) is 8.36. The van der Waals surface area contributed by atoms with Crippen LogP contribution in [-0.4, -0.2) is 31.8 Å². The van der Waals surface area contributed by atoms with E-state index in [0.29, 0.717) is 5.69 Å². The summed E-state index contributed by atoms with van der Waals surface area (Å²) < 4.78 is 25.8. The molecule has 18 heavy (non-hydrogen) atoms. The number of carboxylic acid groups (broad SMARTS) is 1. The molecular weight excluding hydrogens is 322 g/mol. The van der Waals surface area contributed by atoms with Gasteiger partial charge in [-0.2, -0.15) is 0 Å². The van der Waals surface area contributed by atoms with Crippen molar-refractivity contribution in [2.75, 3.05) is 16.6 Å². The van der Waals surface area contributed by atoms with E-state index in [0.717, 1.165) is 8.78 Å². The number of hydrogen-bond donors (Lipinski definition) is 1. The first kappa shape index (κ1) is 15.0. The molecule has 0 fully saturated rings. The predicted molar refractivity (Wildman–Crippen MR) is 73.2 cm³/mol. The maximum absolute atomic E-state index is 11.9. The molecule has 0 radical (unpaired) electrons. The Labute approximate surface area is 115 Å². The average Bonchev–Trinajstić information content (AvgIpc) is 2.28. The lowest BCUT2D eigenvalue weighted by Crippen LogP contribution is -2.34. The second kappa shape index (κ2) is 6.19. The molecule has 0 atom stereocenters. The summed E-state index contributed by atoms with van der Waals surface area (Å²) in [5.41, 5.74) is 0.465. The van der Waals surface area contributed by atoms with Crippen LogP contribution in [0.3, 0.4) is 0 Å². The molecular formula is C11H14BrNO4S. The minimum atomic E-state index is -3.48. The van der Waals surface area contributed by atoms with Crippen molar-refractivity contribution in [3.8, 4) is 0 Å².